The molecule has 0 saturated carbocycles. The van der Waals surface area contributed by atoms with E-state index in [1.165, 1.54) is 16.7 Å². The first-order valence-corrected chi connectivity index (χ1v) is 7.26. The maximum atomic E-state index is 11.8. The number of nitrogens with zero attached hydrogens (tertiary/aromatic N) is 3. The number of carbonyl (C=O) groups excluding carboxylic acids is 1. The molecule has 0 N–H and O–H groups in total. The number of fused-ring (bicyclic) bond motifs is 1. The topological polar surface area (TPSA) is 70.1 Å². The summed E-state index contributed by atoms with van der Waals surface area (Å²) in [6, 6.07) is 7.19. The van der Waals surface area contributed by atoms with Crippen molar-refractivity contribution in [3.05, 3.63) is 23.2 Å². The van der Waals surface area contributed by atoms with Gasteiger partial charge in [-0.1, -0.05) is 23.4 Å². The zero-order chi connectivity index (χ0) is 14.5. The maximum absolute atomic E-state index is 11.8. The van der Waals surface area contributed by atoms with Gasteiger partial charge in [0.25, 0.3) is 5.22 Å². The van der Waals surface area contributed by atoms with Crippen molar-refractivity contribution in [1.82, 2.24) is 9.88 Å². The fourth-order valence-corrected chi connectivity index (χ4v) is 2.46. The van der Waals surface area contributed by atoms with Gasteiger partial charge in [0.2, 0.25) is 5.91 Å². The number of nitriles is 1. The van der Waals surface area contributed by atoms with Gasteiger partial charge in [0.05, 0.1) is 18.2 Å². The second-order valence-electron chi connectivity index (χ2n) is 4.10. The van der Waals surface area contributed by atoms with Crippen molar-refractivity contribution in [2.75, 3.05) is 19.3 Å². The van der Waals surface area contributed by atoms with E-state index in [0.29, 0.717) is 34.3 Å². The molecule has 1 aromatic carbocycles. The Morgan fingerprint density at radius 3 is 3.15 bits per heavy atom. The van der Waals surface area contributed by atoms with Crippen molar-refractivity contribution in [2.45, 2.75) is 11.6 Å². The molecular formula is C13H12ClN3O2S. The third kappa shape index (κ3) is 3.65. The van der Waals surface area contributed by atoms with E-state index in [9.17, 15) is 4.79 Å². The molecule has 1 amide bonds. The molecule has 7 heteroatoms. The Hall–Kier alpha value is -1.71. The number of halogens is 1. The monoisotopic (exact) mass is 309 g/mol. The van der Waals surface area contributed by atoms with E-state index in [-0.39, 0.29) is 11.7 Å². The van der Waals surface area contributed by atoms with E-state index in [2.05, 4.69) is 4.98 Å². The lowest BCUT2D eigenvalue weighted by atomic mass is 10.3. The summed E-state index contributed by atoms with van der Waals surface area (Å²) in [7, 11) is 1.67. The van der Waals surface area contributed by atoms with E-state index in [1.54, 1.807) is 25.2 Å². The van der Waals surface area contributed by atoms with Crippen molar-refractivity contribution in [3.8, 4) is 6.07 Å². The molecular weight excluding hydrogens is 298 g/mol. The first-order chi connectivity index (χ1) is 9.60. The van der Waals surface area contributed by atoms with Crippen molar-refractivity contribution in [3.63, 3.8) is 0 Å². The van der Waals surface area contributed by atoms with Crippen LogP contribution in [0, 0.1) is 11.3 Å². The summed E-state index contributed by atoms with van der Waals surface area (Å²) in [6.07, 6.45) is 0.328. The number of hydrogen-bond donors (Lipinski definition) is 0. The highest BCUT2D eigenvalue weighted by molar-refractivity contribution is 7.99. The quantitative estimate of drug-likeness (QED) is 0.794. The van der Waals surface area contributed by atoms with Gasteiger partial charge in [-0.15, -0.1) is 0 Å². The number of oxazole rings is 1. The third-order valence-corrected chi connectivity index (χ3v) is 3.68. The number of hydrogen-bond acceptors (Lipinski definition) is 5. The van der Waals surface area contributed by atoms with Crippen molar-refractivity contribution in [2.24, 2.45) is 0 Å². The first-order valence-electron chi connectivity index (χ1n) is 5.90. The molecule has 0 fully saturated rings. The SMILES string of the molecule is CN(CCC#N)C(=O)CSc1nc2cc(Cl)ccc2o1. The third-order valence-electron chi connectivity index (χ3n) is 2.63. The van der Waals surface area contributed by atoms with Gasteiger partial charge >= 0.3 is 0 Å². The molecule has 1 heterocycles. The largest absolute Gasteiger partial charge is 0.431 e. The van der Waals surface area contributed by atoms with Crippen LogP contribution in [-0.4, -0.2) is 35.1 Å². The molecule has 0 unspecified atom stereocenters. The summed E-state index contributed by atoms with van der Waals surface area (Å²) in [5, 5.41) is 9.51. The van der Waals surface area contributed by atoms with Gasteiger partial charge < -0.3 is 9.32 Å². The highest BCUT2D eigenvalue weighted by atomic mass is 35.5. The molecule has 2 aromatic rings. The Balaban J connectivity index is 1.95. The number of carbonyl (C=O) groups is 1. The number of rotatable bonds is 5. The summed E-state index contributed by atoms with van der Waals surface area (Å²) in [5.74, 6) is 0.160. The Bertz CT molecular complexity index is 665. The van der Waals surface area contributed by atoms with Crippen LogP contribution < -0.4 is 0 Å². The smallest absolute Gasteiger partial charge is 0.257 e. The molecule has 0 bridgehead atoms. The van der Waals surface area contributed by atoms with Gasteiger partial charge in [-0.2, -0.15) is 5.26 Å². The molecule has 104 valence electrons. The van der Waals surface area contributed by atoms with Gasteiger partial charge in [-0.05, 0) is 18.2 Å². The highest BCUT2D eigenvalue weighted by Gasteiger charge is 2.12. The van der Waals surface area contributed by atoms with E-state index in [4.69, 9.17) is 21.3 Å². The minimum Gasteiger partial charge on any atom is -0.431 e. The Kier molecular flexibility index (Phi) is 4.88. The lowest BCUT2D eigenvalue weighted by Crippen LogP contribution is -2.29. The minimum atomic E-state index is -0.0643. The van der Waals surface area contributed by atoms with Gasteiger partial charge in [-0.3, -0.25) is 4.79 Å². The zero-order valence-electron chi connectivity index (χ0n) is 10.8. The molecule has 5 nitrogen and oxygen atoms in total. The molecule has 2 rings (SSSR count). The molecule has 0 saturated heterocycles. The van der Waals surface area contributed by atoms with Crippen LogP contribution in [0.4, 0.5) is 0 Å². The van der Waals surface area contributed by atoms with Crippen LogP contribution in [0.15, 0.2) is 27.8 Å². The fraction of sp³-hybridized carbons (Fsp3) is 0.308. The van der Waals surface area contributed by atoms with Crippen LogP contribution in [0.2, 0.25) is 5.02 Å². The molecule has 1 aromatic heterocycles. The Morgan fingerprint density at radius 2 is 2.40 bits per heavy atom. The van der Waals surface area contributed by atoms with Crippen LogP contribution >= 0.6 is 23.4 Å². The molecule has 20 heavy (non-hydrogen) atoms. The van der Waals surface area contributed by atoms with Crippen LogP contribution in [0.5, 0.6) is 0 Å². The second-order valence-corrected chi connectivity index (χ2v) is 5.47. The van der Waals surface area contributed by atoms with Gasteiger partial charge in [-0.25, -0.2) is 4.98 Å². The number of benzene rings is 1. The lowest BCUT2D eigenvalue weighted by molar-refractivity contribution is -0.127. The van der Waals surface area contributed by atoms with E-state index >= 15 is 0 Å². The molecule has 0 atom stereocenters. The molecule has 0 aliphatic heterocycles. The molecule has 0 radical (unpaired) electrons. The normalized spacial score (nSPS) is 10.4. The average molecular weight is 310 g/mol. The zero-order valence-corrected chi connectivity index (χ0v) is 12.4. The maximum Gasteiger partial charge on any atom is 0.257 e. The Labute approximate surface area is 125 Å². The van der Waals surface area contributed by atoms with Crippen LogP contribution in [0.3, 0.4) is 0 Å². The average Bonchev–Trinajstić information content (AvgIpc) is 2.83. The van der Waals surface area contributed by atoms with E-state index in [0.717, 1.165) is 0 Å². The lowest BCUT2D eigenvalue weighted by Gasteiger charge is -2.14. The predicted molar refractivity (Wildman–Crippen MR) is 77.6 cm³/mol. The standard InChI is InChI=1S/C13H12ClN3O2S/c1-17(6-2-5-15)12(18)8-20-13-16-10-7-9(14)3-4-11(10)19-13/h3-4,7H,2,6,8H2,1H3. The predicted octanol–water partition coefficient (Wildman–Crippen LogP) is 2.95. The number of amides is 1. The summed E-state index contributed by atoms with van der Waals surface area (Å²) < 4.78 is 5.50. The minimum absolute atomic E-state index is 0.0643. The Morgan fingerprint density at radius 1 is 1.60 bits per heavy atom. The first kappa shape index (κ1) is 14.7. The molecule has 0 aliphatic rings. The van der Waals surface area contributed by atoms with Crippen molar-refractivity contribution in [1.29, 1.82) is 5.26 Å². The fourth-order valence-electron chi connectivity index (χ4n) is 1.52. The van der Waals surface area contributed by atoms with Gasteiger partial charge in [0.15, 0.2) is 5.58 Å². The highest BCUT2D eigenvalue weighted by Crippen LogP contribution is 2.25. The summed E-state index contributed by atoms with van der Waals surface area (Å²) >= 11 is 7.10. The van der Waals surface area contributed by atoms with Crippen LogP contribution in [0.25, 0.3) is 11.1 Å². The van der Waals surface area contributed by atoms with E-state index < -0.39 is 0 Å². The van der Waals surface area contributed by atoms with Gasteiger partial charge in [0.1, 0.15) is 5.52 Å². The van der Waals surface area contributed by atoms with Crippen LogP contribution in [0.1, 0.15) is 6.42 Å². The summed E-state index contributed by atoms with van der Waals surface area (Å²) in [4.78, 5) is 17.6. The van der Waals surface area contributed by atoms with Crippen molar-refractivity contribution >= 4 is 40.4 Å². The van der Waals surface area contributed by atoms with E-state index in [1.807, 2.05) is 6.07 Å². The van der Waals surface area contributed by atoms with Crippen molar-refractivity contribution < 1.29 is 9.21 Å². The molecule has 0 spiro atoms. The molecule has 0 aliphatic carbocycles. The second kappa shape index (κ2) is 6.64. The van der Waals surface area contributed by atoms with Crippen LogP contribution in [-0.2, 0) is 4.79 Å². The van der Waals surface area contributed by atoms with Gasteiger partial charge in [0, 0.05) is 18.6 Å². The summed E-state index contributed by atoms with van der Waals surface area (Å²) in [5.41, 5.74) is 1.31. The summed E-state index contributed by atoms with van der Waals surface area (Å²) in [6.45, 7) is 0.430. The number of aromatic nitrogens is 1. The number of thioether (sulfide) groups is 1.